The maximum absolute atomic E-state index is 12.7. The third-order valence-electron chi connectivity index (χ3n) is 5.57. The Kier molecular flexibility index (Phi) is 5.47. The fourth-order valence-corrected chi connectivity index (χ4v) is 3.87. The van der Waals surface area contributed by atoms with Crippen molar-refractivity contribution in [3.63, 3.8) is 0 Å². The molecule has 31 heavy (non-hydrogen) atoms. The first kappa shape index (κ1) is 21.0. The lowest BCUT2D eigenvalue weighted by molar-refractivity contribution is -0.137. The van der Waals surface area contributed by atoms with Gasteiger partial charge in [-0.1, -0.05) is 25.1 Å². The minimum absolute atomic E-state index is 0.131. The zero-order valence-electron chi connectivity index (χ0n) is 17.3. The fraction of sp³-hybridized carbons (Fsp3) is 0.304. The third kappa shape index (κ3) is 4.42. The smallest absolute Gasteiger partial charge is 0.416 e. The molecule has 4 rings (SSSR count). The molecule has 2 N–H and O–H groups in total. The number of nitrogens with one attached hydrogen (secondary N) is 2. The van der Waals surface area contributed by atoms with E-state index in [1.54, 1.807) is 13.3 Å². The van der Waals surface area contributed by atoms with Crippen LogP contribution in [-0.4, -0.2) is 23.6 Å². The second kappa shape index (κ2) is 8.09. The average Bonchev–Trinajstić information content (AvgIpc) is 3.09. The summed E-state index contributed by atoms with van der Waals surface area (Å²) in [6.45, 7) is 3.31. The Labute approximate surface area is 178 Å². The molecule has 0 spiro atoms. The van der Waals surface area contributed by atoms with E-state index in [4.69, 9.17) is 4.74 Å². The molecular weight excluding hydrogens is 405 g/mol. The SMILES string of the molecule is COc1nc(NCc2ccc(C(F)(F)F)cc2)ccc1CC1(C)CNc2ncccc21. The lowest BCUT2D eigenvalue weighted by Crippen LogP contribution is -2.27. The number of pyridine rings is 2. The molecule has 1 unspecified atom stereocenters. The molecule has 1 atom stereocenters. The van der Waals surface area contributed by atoms with Gasteiger partial charge in [-0.3, -0.25) is 0 Å². The third-order valence-corrected chi connectivity index (χ3v) is 5.57. The van der Waals surface area contributed by atoms with Crippen LogP contribution in [0.4, 0.5) is 24.8 Å². The molecule has 3 heterocycles. The monoisotopic (exact) mass is 428 g/mol. The number of fused-ring (bicyclic) bond motifs is 1. The highest BCUT2D eigenvalue weighted by Crippen LogP contribution is 2.39. The van der Waals surface area contributed by atoms with Crippen molar-refractivity contribution in [2.75, 3.05) is 24.3 Å². The quantitative estimate of drug-likeness (QED) is 0.576. The molecule has 1 aromatic carbocycles. The first-order chi connectivity index (χ1) is 14.8. The van der Waals surface area contributed by atoms with Crippen molar-refractivity contribution in [2.24, 2.45) is 0 Å². The predicted octanol–water partition coefficient (Wildman–Crippen LogP) is 5.04. The van der Waals surface area contributed by atoms with Crippen LogP contribution in [0.15, 0.2) is 54.7 Å². The lowest BCUT2D eigenvalue weighted by Gasteiger charge is -2.24. The number of hydrogen-bond donors (Lipinski definition) is 2. The molecule has 3 aromatic rings. The van der Waals surface area contributed by atoms with E-state index in [0.717, 1.165) is 42.0 Å². The van der Waals surface area contributed by atoms with E-state index in [-0.39, 0.29) is 5.41 Å². The van der Waals surface area contributed by atoms with Crippen molar-refractivity contribution in [1.29, 1.82) is 0 Å². The van der Waals surface area contributed by atoms with Crippen LogP contribution in [0.25, 0.3) is 0 Å². The van der Waals surface area contributed by atoms with Gasteiger partial charge in [0.25, 0.3) is 0 Å². The molecule has 2 aromatic heterocycles. The van der Waals surface area contributed by atoms with Crippen LogP contribution >= 0.6 is 0 Å². The van der Waals surface area contributed by atoms with Gasteiger partial charge in [0.15, 0.2) is 0 Å². The molecule has 0 bridgehead atoms. The molecule has 5 nitrogen and oxygen atoms in total. The van der Waals surface area contributed by atoms with Crippen molar-refractivity contribution in [3.05, 3.63) is 77.0 Å². The van der Waals surface area contributed by atoms with Gasteiger partial charge in [0.2, 0.25) is 5.88 Å². The number of anilines is 2. The summed E-state index contributed by atoms with van der Waals surface area (Å²) in [5.41, 5.74) is 2.08. The summed E-state index contributed by atoms with van der Waals surface area (Å²) in [7, 11) is 1.58. The number of aromatic nitrogens is 2. The van der Waals surface area contributed by atoms with Gasteiger partial charge in [0.1, 0.15) is 11.6 Å². The summed E-state index contributed by atoms with van der Waals surface area (Å²) in [5.74, 6) is 2.03. The molecule has 0 fully saturated rings. The van der Waals surface area contributed by atoms with Gasteiger partial charge in [-0.25, -0.2) is 4.98 Å². The summed E-state index contributed by atoms with van der Waals surface area (Å²) < 4.78 is 43.6. The molecule has 1 aliphatic rings. The summed E-state index contributed by atoms with van der Waals surface area (Å²) in [6.07, 6.45) is -1.83. The maximum Gasteiger partial charge on any atom is 0.416 e. The standard InChI is InChI=1S/C23H23F3N4O/c1-22(14-29-20-18(22)4-3-11-27-20)12-16-7-10-19(30-21(16)31-2)28-13-15-5-8-17(9-6-15)23(24,25)26/h3-11H,12-14H2,1-2H3,(H,27,29)(H,28,30). The predicted molar refractivity (Wildman–Crippen MR) is 113 cm³/mol. The van der Waals surface area contributed by atoms with Gasteiger partial charge in [0, 0.05) is 35.8 Å². The first-order valence-electron chi connectivity index (χ1n) is 9.92. The largest absolute Gasteiger partial charge is 0.481 e. The summed E-state index contributed by atoms with van der Waals surface area (Å²) in [6, 6.07) is 12.9. The van der Waals surface area contributed by atoms with Gasteiger partial charge in [0.05, 0.1) is 12.7 Å². The number of alkyl halides is 3. The van der Waals surface area contributed by atoms with Crippen molar-refractivity contribution in [3.8, 4) is 5.88 Å². The molecule has 0 amide bonds. The number of nitrogens with zero attached hydrogens (tertiary/aromatic N) is 2. The van der Waals surface area contributed by atoms with E-state index in [1.165, 1.54) is 17.7 Å². The second-order valence-corrected chi connectivity index (χ2v) is 7.90. The number of hydrogen-bond acceptors (Lipinski definition) is 5. The first-order valence-corrected chi connectivity index (χ1v) is 9.92. The normalized spacial score (nSPS) is 17.7. The van der Waals surface area contributed by atoms with Crippen molar-refractivity contribution in [1.82, 2.24) is 9.97 Å². The van der Waals surface area contributed by atoms with Crippen molar-refractivity contribution < 1.29 is 17.9 Å². The van der Waals surface area contributed by atoms with Crippen LogP contribution in [-0.2, 0) is 24.6 Å². The van der Waals surface area contributed by atoms with Gasteiger partial charge < -0.3 is 15.4 Å². The Balaban J connectivity index is 1.46. The van der Waals surface area contributed by atoms with E-state index in [1.807, 2.05) is 18.2 Å². The van der Waals surface area contributed by atoms with Crippen LogP contribution in [0, 0.1) is 0 Å². The Hall–Kier alpha value is -3.29. The molecule has 1 aliphatic heterocycles. The van der Waals surface area contributed by atoms with Gasteiger partial charge in [-0.15, -0.1) is 0 Å². The van der Waals surface area contributed by atoms with Crippen molar-refractivity contribution >= 4 is 11.6 Å². The Morgan fingerprint density at radius 2 is 1.90 bits per heavy atom. The highest BCUT2D eigenvalue weighted by atomic mass is 19.4. The zero-order valence-corrected chi connectivity index (χ0v) is 17.3. The van der Waals surface area contributed by atoms with Crippen LogP contribution in [0.3, 0.4) is 0 Å². The van der Waals surface area contributed by atoms with Gasteiger partial charge in [-0.2, -0.15) is 18.2 Å². The van der Waals surface area contributed by atoms with E-state index in [9.17, 15) is 13.2 Å². The number of benzene rings is 1. The van der Waals surface area contributed by atoms with E-state index >= 15 is 0 Å². The fourth-order valence-electron chi connectivity index (χ4n) is 3.87. The Morgan fingerprint density at radius 1 is 1.13 bits per heavy atom. The lowest BCUT2D eigenvalue weighted by atomic mass is 9.80. The van der Waals surface area contributed by atoms with Crippen LogP contribution in [0.1, 0.15) is 29.2 Å². The topological polar surface area (TPSA) is 59.1 Å². The van der Waals surface area contributed by atoms with Gasteiger partial charge in [-0.05, 0) is 42.3 Å². The van der Waals surface area contributed by atoms with Crippen molar-refractivity contribution in [2.45, 2.75) is 31.5 Å². The second-order valence-electron chi connectivity index (χ2n) is 7.90. The zero-order chi connectivity index (χ0) is 22.1. The minimum Gasteiger partial charge on any atom is -0.481 e. The van der Waals surface area contributed by atoms with E-state index in [2.05, 4.69) is 33.6 Å². The number of halogens is 3. The molecule has 0 saturated carbocycles. The summed E-state index contributed by atoms with van der Waals surface area (Å²) in [5, 5.41) is 6.50. The summed E-state index contributed by atoms with van der Waals surface area (Å²) >= 11 is 0. The number of ether oxygens (including phenoxy) is 1. The molecule has 0 aliphatic carbocycles. The van der Waals surface area contributed by atoms with E-state index < -0.39 is 11.7 Å². The maximum atomic E-state index is 12.7. The summed E-state index contributed by atoms with van der Waals surface area (Å²) in [4.78, 5) is 8.94. The van der Waals surface area contributed by atoms with Crippen LogP contribution in [0.5, 0.6) is 5.88 Å². The Bertz CT molecular complexity index is 1070. The molecule has 8 heteroatoms. The minimum atomic E-state index is -4.33. The molecule has 0 radical (unpaired) electrons. The van der Waals surface area contributed by atoms with Crippen LogP contribution in [0.2, 0.25) is 0 Å². The van der Waals surface area contributed by atoms with E-state index in [0.29, 0.717) is 18.2 Å². The molecule has 162 valence electrons. The number of methoxy groups -OCH3 is 1. The average molecular weight is 428 g/mol. The number of rotatable bonds is 6. The molecular formula is C23H23F3N4O. The highest BCUT2D eigenvalue weighted by molar-refractivity contribution is 5.56. The Morgan fingerprint density at radius 3 is 2.61 bits per heavy atom. The highest BCUT2D eigenvalue weighted by Gasteiger charge is 2.36. The molecule has 0 saturated heterocycles. The van der Waals surface area contributed by atoms with Crippen LogP contribution < -0.4 is 15.4 Å². The van der Waals surface area contributed by atoms with Gasteiger partial charge >= 0.3 is 6.18 Å².